The lowest BCUT2D eigenvalue weighted by molar-refractivity contribution is -0.137. The van der Waals surface area contributed by atoms with Crippen LogP contribution in [0, 0.1) is 5.92 Å². The van der Waals surface area contributed by atoms with E-state index in [-0.39, 0.29) is 12.0 Å². The summed E-state index contributed by atoms with van der Waals surface area (Å²) in [5.41, 5.74) is 4.80. The summed E-state index contributed by atoms with van der Waals surface area (Å²) in [7, 11) is 0. The third-order valence-corrected chi connectivity index (χ3v) is 2.52. The van der Waals surface area contributed by atoms with Gasteiger partial charge in [0.1, 0.15) is 6.29 Å². The molecule has 0 heterocycles. The zero-order valence-corrected chi connectivity index (χ0v) is 7.86. The van der Waals surface area contributed by atoms with Crippen LogP contribution in [0.3, 0.4) is 0 Å². The molecule has 0 saturated heterocycles. The maximum atomic E-state index is 10.9. The molecule has 2 amide bonds. The second-order valence-corrected chi connectivity index (χ2v) is 3.59. The Bertz CT molecular complexity index is 244. The maximum Gasteiger partial charge on any atom is 0.309 e. The van der Waals surface area contributed by atoms with E-state index in [9.17, 15) is 14.4 Å². The highest BCUT2D eigenvalue weighted by Gasteiger charge is 2.23. The van der Waals surface area contributed by atoms with E-state index in [4.69, 9.17) is 5.73 Å². The van der Waals surface area contributed by atoms with Gasteiger partial charge in [-0.2, -0.15) is 0 Å². The minimum Gasteiger partial charge on any atom is -0.361 e. The Morgan fingerprint density at radius 3 is 2.21 bits per heavy atom. The summed E-state index contributed by atoms with van der Waals surface area (Å²) in [6.07, 6.45) is 3.97. The number of amides is 2. The van der Waals surface area contributed by atoms with Gasteiger partial charge in [-0.05, 0) is 25.7 Å². The molecule has 5 nitrogen and oxygen atoms in total. The molecule has 0 aromatic heterocycles. The van der Waals surface area contributed by atoms with Crippen molar-refractivity contribution in [3.8, 4) is 0 Å². The maximum absolute atomic E-state index is 10.9. The molecule has 1 aliphatic rings. The number of hydrogen-bond acceptors (Lipinski definition) is 3. The van der Waals surface area contributed by atoms with Crippen LogP contribution in [0.5, 0.6) is 0 Å². The lowest BCUT2D eigenvalue weighted by Gasteiger charge is -2.25. The summed E-state index contributed by atoms with van der Waals surface area (Å²) in [5, 5.41) is 2.53. The van der Waals surface area contributed by atoms with E-state index < -0.39 is 11.8 Å². The van der Waals surface area contributed by atoms with Gasteiger partial charge in [0.15, 0.2) is 0 Å². The van der Waals surface area contributed by atoms with Crippen molar-refractivity contribution < 1.29 is 14.4 Å². The predicted octanol–water partition coefficient (Wildman–Crippen LogP) is -0.654. The van der Waals surface area contributed by atoms with Gasteiger partial charge in [-0.1, -0.05) is 0 Å². The van der Waals surface area contributed by atoms with Gasteiger partial charge >= 0.3 is 11.8 Å². The van der Waals surface area contributed by atoms with Crippen molar-refractivity contribution in [1.29, 1.82) is 0 Å². The van der Waals surface area contributed by atoms with Gasteiger partial charge in [-0.3, -0.25) is 9.59 Å². The lowest BCUT2D eigenvalue weighted by Crippen LogP contribution is -2.43. The minimum absolute atomic E-state index is 0.00815. The van der Waals surface area contributed by atoms with Gasteiger partial charge in [0.25, 0.3) is 0 Å². The molecule has 0 aliphatic heterocycles. The molecule has 78 valence electrons. The Morgan fingerprint density at radius 1 is 1.21 bits per heavy atom. The van der Waals surface area contributed by atoms with E-state index in [1.165, 1.54) is 0 Å². The predicted molar refractivity (Wildman–Crippen MR) is 49.1 cm³/mol. The Balaban J connectivity index is 2.32. The molecular formula is C9H14N2O3. The van der Waals surface area contributed by atoms with Crippen LogP contribution in [-0.4, -0.2) is 24.1 Å². The second kappa shape index (κ2) is 4.74. The van der Waals surface area contributed by atoms with Crippen molar-refractivity contribution in [1.82, 2.24) is 5.32 Å². The van der Waals surface area contributed by atoms with Crippen LogP contribution >= 0.6 is 0 Å². The van der Waals surface area contributed by atoms with Gasteiger partial charge < -0.3 is 15.8 Å². The molecule has 0 bridgehead atoms. The zero-order valence-electron chi connectivity index (χ0n) is 7.86. The lowest BCUT2D eigenvalue weighted by atomic mass is 9.87. The first-order valence-corrected chi connectivity index (χ1v) is 4.69. The molecule has 0 unspecified atom stereocenters. The smallest absolute Gasteiger partial charge is 0.309 e. The van der Waals surface area contributed by atoms with Crippen LogP contribution in [-0.2, 0) is 14.4 Å². The molecule has 14 heavy (non-hydrogen) atoms. The van der Waals surface area contributed by atoms with Crippen LogP contribution in [0.1, 0.15) is 25.7 Å². The van der Waals surface area contributed by atoms with E-state index >= 15 is 0 Å². The molecule has 1 rings (SSSR count). The first-order valence-electron chi connectivity index (χ1n) is 4.69. The Kier molecular flexibility index (Phi) is 3.62. The summed E-state index contributed by atoms with van der Waals surface area (Å²) in [5.74, 6) is -1.58. The van der Waals surface area contributed by atoms with Crippen LogP contribution < -0.4 is 11.1 Å². The van der Waals surface area contributed by atoms with Gasteiger partial charge in [0, 0.05) is 12.0 Å². The minimum atomic E-state index is -0.956. The molecular weight excluding hydrogens is 184 g/mol. The number of nitrogens with two attached hydrogens (primary N) is 1. The van der Waals surface area contributed by atoms with E-state index in [0.29, 0.717) is 0 Å². The van der Waals surface area contributed by atoms with Crippen LogP contribution in [0.4, 0.5) is 0 Å². The Hall–Kier alpha value is -1.39. The zero-order chi connectivity index (χ0) is 10.6. The van der Waals surface area contributed by atoms with Gasteiger partial charge in [-0.25, -0.2) is 0 Å². The van der Waals surface area contributed by atoms with Crippen LogP contribution in [0.2, 0.25) is 0 Å². The quantitative estimate of drug-likeness (QED) is 0.456. The Morgan fingerprint density at radius 2 is 1.79 bits per heavy atom. The SMILES string of the molecule is NC(=O)C(=O)NC1CCC(C=O)CC1. The van der Waals surface area contributed by atoms with Gasteiger partial charge in [-0.15, -0.1) is 0 Å². The molecule has 0 aromatic rings. The molecule has 1 aliphatic carbocycles. The van der Waals surface area contributed by atoms with Crippen molar-refractivity contribution >= 4 is 18.1 Å². The molecule has 0 spiro atoms. The highest BCUT2D eigenvalue weighted by atomic mass is 16.2. The van der Waals surface area contributed by atoms with E-state index in [0.717, 1.165) is 32.0 Å². The van der Waals surface area contributed by atoms with E-state index in [1.54, 1.807) is 0 Å². The number of rotatable bonds is 2. The van der Waals surface area contributed by atoms with E-state index in [1.807, 2.05) is 0 Å². The standard InChI is InChI=1S/C9H14N2O3/c10-8(13)9(14)11-7-3-1-6(5-12)2-4-7/h5-7H,1-4H2,(H2,10,13)(H,11,14). The summed E-state index contributed by atoms with van der Waals surface area (Å²) in [6, 6.07) is -0.00815. The van der Waals surface area contributed by atoms with Crippen molar-refractivity contribution in [3.63, 3.8) is 0 Å². The molecule has 1 saturated carbocycles. The fourth-order valence-corrected chi connectivity index (χ4v) is 1.66. The summed E-state index contributed by atoms with van der Waals surface area (Å²) in [4.78, 5) is 31.8. The highest BCUT2D eigenvalue weighted by molar-refractivity contribution is 6.34. The normalized spacial score (nSPS) is 26.6. The molecule has 3 N–H and O–H groups in total. The van der Waals surface area contributed by atoms with E-state index in [2.05, 4.69) is 5.32 Å². The Labute approximate surface area is 82.0 Å². The first kappa shape index (κ1) is 10.7. The third kappa shape index (κ3) is 2.83. The summed E-state index contributed by atoms with van der Waals surface area (Å²) in [6.45, 7) is 0. The fraction of sp³-hybridized carbons (Fsp3) is 0.667. The number of carbonyl (C=O) groups excluding carboxylic acids is 3. The van der Waals surface area contributed by atoms with Crippen molar-refractivity contribution in [2.24, 2.45) is 11.7 Å². The number of aldehydes is 1. The molecule has 0 aromatic carbocycles. The average Bonchev–Trinajstić information content (AvgIpc) is 2.19. The first-order chi connectivity index (χ1) is 6.63. The molecule has 5 heteroatoms. The monoisotopic (exact) mass is 198 g/mol. The van der Waals surface area contributed by atoms with Crippen molar-refractivity contribution in [2.75, 3.05) is 0 Å². The average molecular weight is 198 g/mol. The van der Waals surface area contributed by atoms with Crippen LogP contribution in [0.25, 0.3) is 0 Å². The van der Waals surface area contributed by atoms with Gasteiger partial charge in [0.2, 0.25) is 0 Å². The number of primary amides is 1. The topological polar surface area (TPSA) is 89.3 Å². The largest absolute Gasteiger partial charge is 0.361 e. The summed E-state index contributed by atoms with van der Waals surface area (Å²) >= 11 is 0. The van der Waals surface area contributed by atoms with Crippen molar-refractivity contribution in [2.45, 2.75) is 31.7 Å². The second-order valence-electron chi connectivity index (χ2n) is 3.59. The number of nitrogens with one attached hydrogen (secondary N) is 1. The van der Waals surface area contributed by atoms with Crippen LogP contribution in [0.15, 0.2) is 0 Å². The molecule has 0 atom stereocenters. The number of hydrogen-bond donors (Lipinski definition) is 2. The highest BCUT2D eigenvalue weighted by Crippen LogP contribution is 2.22. The molecule has 0 radical (unpaired) electrons. The molecule has 1 fully saturated rings. The van der Waals surface area contributed by atoms with Crippen molar-refractivity contribution in [3.05, 3.63) is 0 Å². The summed E-state index contributed by atoms with van der Waals surface area (Å²) < 4.78 is 0. The fourth-order valence-electron chi connectivity index (χ4n) is 1.66. The third-order valence-electron chi connectivity index (χ3n) is 2.52. The number of carbonyl (C=O) groups is 3. The van der Waals surface area contributed by atoms with Gasteiger partial charge in [0.05, 0.1) is 0 Å².